The zero-order chi connectivity index (χ0) is 11.7. The largest absolute Gasteiger partial charge is 0.379 e. The zero-order valence-corrected chi connectivity index (χ0v) is 10.3. The van der Waals surface area contributed by atoms with Gasteiger partial charge in [-0.2, -0.15) is 0 Å². The van der Waals surface area contributed by atoms with Crippen LogP contribution in [0.5, 0.6) is 0 Å². The maximum absolute atomic E-state index is 11.9. The summed E-state index contributed by atoms with van der Waals surface area (Å²) >= 11 is 1.59. The van der Waals surface area contributed by atoms with Crippen LogP contribution < -0.4 is 10.6 Å². The Morgan fingerprint density at radius 3 is 2.94 bits per heavy atom. The highest BCUT2D eigenvalue weighted by Crippen LogP contribution is 2.30. The Morgan fingerprint density at radius 2 is 2.12 bits per heavy atom. The number of thiophene rings is 1. The van der Waals surface area contributed by atoms with E-state index in [1.807, 2.05) is 10.8 Å². The van der Waals surface area contributed by atoms with E-state index < -0.39 is 0 Å². The van der Waals surface area contributed by atoms with Gasteiger partial charge < -0.3 is 15.4 Å². The lowest BCUT2D eigenvalue weighted by molar-refractivity contribution is -0.117. The summed E-state index contributed by atoms with van der Waals surface area (Å²) < 4.78 is 5.30. The second-order valence-electron chi connectivity index (χ2n) is 4.30. The van der Waals surface area contributed by atoms with Gasteiger partial charge in [-0.1, -0.05) is 0 Å². The molecular weight excluding hydrogens is 238 g/mol. The Bertz CT molecular complexity index is 415. The maximum Gasteiger partial charge on any atom is 0.248 e. The van der Waals surface area contributed by atoms with E-state index in [0.717, 1.165) is 44.2 Å². The summed E-state index contributed by atoms with van der Waals surface area (Å²) in [5, 5.41) is 10.2. The monoisotopic (exact) mass is 253 g/mol. The molecule has 1 fully saturated rings. The molecule has 1 aromatic heterocycles. The van der Waals surface area contributed by atoms with Crippen LogP contribution in [0.25, 0.3) is 0 Å². The van der Waals surface area contributed by atoms with Gasteiger partial charge in [-0.05, 0) is 0 Å². The average molecular weight is 253 g/mol. The molecule has 2 N–H and O–H groups in total. The summed E-state index contributed by atoms with van der Waals surface area (Å²) in [5.74, 6) is 0.0578. The Balaban J connectivity index is 1.66. The normalized spacial score (nSPS) is 24.9. The first-order valence-corrected chi connectivity index (χ1v) is 6.71. The third-order valence-corrected chi connectivity index (χ3v) is 3.85. The summed E-state index contributed by atoms with van der Waals surface area (Å²) in [6, 6.07) is -0.157. The SMILES string of the molecule is O=C1Nc2cscc2NC1CN1CCOCC1. The van der Waals surface area contributed by atoms with E-state index in [-0.39, 0.29) is 11.9 Å². The zero-order valence-electron chi connectivity index (χ0n) is 9.44. The number of anilines is 2. The maximum atomic E-state index is 11.9. The lowest BCUT2D eigenvalue weighted by Crippen LogP contribution is -2.49. The third-order valence-electron chi connectivity index (χ3n) is 3.11. The third kappa shape index (κ3) is 2.29. The summed E-state index contributed by atoms with van der Waals surface area (Å²) in [7, 11) is 0. The Morgan fingerprint density at radius 1 is 1.35 bits per heavy atom. The minimum absolute atomic E-state index is 0.0578. The molecule has 1 unspecified atom stereocenters. The molecule has 0 radical (unpaired) electrons. The van der Waals surface area contributed by atoms with E-state index >= 15 is 0 Å². The molecule has 0 aliphatic carbocycles. The fourth-order valence-electron chi connectivity index (χ4n) is 2.15. The van der Waals surface area contributed by atoms with E-state index in [9.17, 15) is 4.79 Å². The van der Waals surface area contributed by atoms with Crippen LogP contribution in [-0.2, 0) is 9.53 Å². The van der Waals surface area contributed by atoms with Crippen LogP contribution >= 0.6 is 11.3 Å². The smallest absolute Gasteiger partial charge is 0.248 e. The molecule has 3 rings (SSSR count). The predicted octanol–water partition coefficient (Wildman–Crippen LogP) is 0.813. The van der Waals surface area contributed by atoms with Crippen molar-refractivity contribution in [3.8, 4) is 0 Å². The van der Waals surface area contributed by atoms with Crippen molar-refractivity contribution in [2.24, 2.45) is 0 Å². The molecule has 0 spiro atoms. The van der Waals surface area contributed by atoms with Crippen molar-refractivity contribution in [2.75, 3.05) is 43.5 Å². The van der Waals surface area contributed by atoms with Crippen LogP contribution in [-0.4, -0.2) is 49.7 Å². The lowest BCUT2D eigenvalue weighted by Gasteiger charge is -2.32. The second kappa shape index (κ2) is 4.64. The molecule has 1 atom stereocenters. The molecule has 6 heteroatoms. The number of carbonyl (C=O) groups excluding carboxylic acids is 1. The number of hydrogen-bond acceptors (Lipinski definition) is 5. The standard InChI is InChI=1S/C11H15N3O2S/c15-11-8(5-14-1-3-16-4-2-14)12-9-6-17-7-10(9)13-11/h6-8,12H,1-5H2,(H,13,15). The predicted molar refractivity (Wildman–Crippen MR) is 67.6 cm³/mol. The van der Waals surface area contributed by atoms with Crippen LogP contribution in [0.3, 0.4) is 0 Å². The van der Waals surface area contributed by atoms with Crippen LogP contribution in [0.4, 0.5) is 11.4 Å². The minimum atomic E-state index is -0.157. The molecule has 2 aliphatic rings. The van der Waals surface area contributed by atoms with Crippen LogP contribution in [0.1, 0.15) is 0 Å². The summed E-state index contributed by atoms with van der Waals surface area (Å²) in [6.45, 7) is 4.07. The van der Waals surface area contributed by atoms with E-state index in [4.69, 9.17) is 4.74 Å². The molecule has 3 heterocycles. The first-order valence-electron chi connectivity index (χ1n) is 5.76. The minimum Gasteiger partial charge on any atom is -0.379 e. The highest BCUT2D eigenvalue weighted by molar-refractivity contribution is 7.09. The number of carbonyl (C=O) groups is 1. The molecule has 92 valence electrons. The molecule has 0 aromatic carbocycles. The number of morpholine rings is 1. The molecule has 17 heavy (non-hydrogen) atoms. The molecule has 1 amide bonds. The van der Waals surface area contributed by atoms with Gasteiger partial charge in [-0.15, -0.1) is 11.3 Å². The number of ether oxygens (including phenoxy) is 1. The fraction of sp³-hybridized carbons (Fsp3) is 0.545. The van der Waals surface area contributed by atoms with Gasteiger partial charge in [0.25, 0.3) is 0 Å². The molecular formula is C11H15N3O2S. The van der Waals surface area contributed by atoms with Gasteiger partial charge in [0.2, 0.25) is 5.91 Å². The summed E-state index contributed by atoms with van der Waals surface area (Å²) in [5.41, 5.74) is 1.94. The van der Waals surface area contributed by atoms with Crippen molar-refractivity contribution in [1.82, 2.24) is 4.90 Å². The number of nitrogens with one attached hydrogen (secondary N) is 2. The first kappa shape index (κ1) is 11.0. The number of nitrogens with zero attached hydrogens (tertiary/aromatic N) is 1. The summed E-state index contributed by atoms with van der Waals surface area (Å²) in [4.78, 5) is 14.2. The highest BCUT2D eigenvalue weighted by atomic mass is 32.1. The number of fused-ring (bicyclic) bond motifs is 1. The number of hydrogen-bond donors (Lipinski definition) is 2. The van der Waals surface area contributed by atoms with Crippen molar-refractivity contribution >= 4 is 28.6 Å². The van der Waals surface area contributed by atoms with Crippen molar-refractivity contribution < 1.29 is 9.53 Å². The van der Waals surface area contributed by atoms with Gasteiger partial charge in [0.1, 0.15) is 6.04 Å². The Hall–Kier alpha value is -1.11. The van der Waals surface area contributed by atoms with Crippen molar-refractivity contribution in [1.29, 1.82) is 0 Å². The van der Waals surface area contributed by atoms with Gasteiger partial charge in [-0.3, -0.25) is 9.69 Å². The average Bonchev–Trinajstić information content (AvgIpc) is 2.78. The number of amides is 1. The van der Waals surface area contributed by atoms with Crippen LogP contribution in [0, 0.1) is 0 Å². The quantitative estimate of drug-likeness (QED) is 0.819. The van der Waals surface area contributed by atoms with Crippen molar-refractivity contribution in [3.05, 3.63) is 10.8 Å². The van der Waals surface area contributed by atoms with Crippen LogP contribution in [0.15, 0.2) is 10.8 Å². The highest BCUT2D eigenvalue weighted by Gasteiger charge is 2.28. The second-order valence-corrected chi connectivity index (χ2v) is 5.04. The number of rotatable bonds is 2. The Kier molecular flexibility index (Phi) is 3.00. The molecule has 1 aromatic rings. The fourth-order valence-corrected chi connectivity index (χ4v) is 2.87. The molecule has 5 nitrogen and oxygen atoms in total. The molecule has 2 aliphatic heterocycles. The summed E-state index contributed by atoms with van der Waals surface area (Å²) in [6.07, 6.45) is 0. The molecule has 0 saturated carbocycles. The van der Waals surface area contributed by atoms with E-state index in [2.05, 4.69) is 15.5 Å². The van der Waals surface area contributed by atoms with Gasteiger partial charge in [0, 0.05) is 30.4 Å². The first-order chi connectivity index (χ1) is 8.33. The van der Waals surface area contributed by atoms with Gasteiger partial charge in [-0.25, -0.2) is 0 Å². The molecule has 0 bridgehead atoms. The van der Waals surface area contributed by atoms with Gasteiger partial charge >= 0.3 is 0 Å². The van der Waals surface area contributed by atoms with Gasteiger partial charge in [0.15, 0.2) is 0 Å². The van der Waals surface area contributed by atoms with Crippen molar-refractivity contribution in [3.63, 3.8) is 0 Å². The molecule has 1 saturated heterocycles. The van der Waals surface area contributed by atoms with Gasteiger partial charge in [0.05, 0.1) is 24.6 Å². The lowest BCUT2D eigenvalue weighted by atomic mass is 10.2. The van der Waals surface area contributed by atoms with E-state index in [1.165, 1.54) is 0 Å². The van der Waals surface area contributed by atoms with Crippen LogP contribution in [0.2, 0.25) is 0 Å². The van der Waals surface area contributed by atoms with E-state index in [0.29, 0.717) is 0 Å². The topological polar surface area (TPSA) is 53.6 Å². The van der Waals surface area contributed by atoms with Crippen molar-refractivity contribution in [2.45, 2.75) is 6.04 Å². The Labute approximate surface area is 104 Å². The van der Waals surface area contributed by atoms with E-state index in [1.54, 1.807) is 11.3 Å².